The van der Waals surface area contributed by atoms with Crippen LogP contribution in [0.2, 0.25) is 0 Å². The largest absolute Gasteiger partial charge is 0.376 e. The first-order chi connectivity index (χ1) is 12.6. The number of hydrogen-bond donors (Lipinski definition) is 1. The summed E-state index contributed by atoms with van der Waals surface area (Å²) in [4.78, 5) is 29.9. The van der Waals surface area contributed by atoms with E-state index in [1.165, 1.54) is 11.8 Å². The number of thioether (sulfide) groups is 1. The number of aromatic nitrogens is 2. The summed E-state index contributed by atoms with van der Waals surface area (Å²) in [5.74, 6) is -0.0390. The summed E-state index contributed by atoms with van der Waals surface area (Å²) in [6.07, 6.45) is 2.87. The fourth-order valence-corrected chi connectivity index (χ4v) is 3.94. The zero-order valence-corrected chi connectivity index (χ0v) is 16.1. The number of fused-ring (bicyclic) bond motifs is 1. The minimum absolute atomic E-state index is 0.0271. The molecule has 1 aliphatic heterocycles. The molecule has 1 saturated heterocycles. The molecule has 1 aromatic carbocycles. The van der Waals surface area contributed by atoms with Crippen LogP contribution in [0.15, 0.2) is 34.2 Å². The number of hydrogen-bond acceptors (Lipinski definition) is 5. The van der Waals surface area contributed by atoms with E-state index in [1.807, 2.05) is 32.0 Å². The molecule has 0 saturated carbocycles. The number of rotatable bonds is 7. The van der Waals surface area contributed by atoms with Crippen molar-refractivity contribution in [3.63, 3.8) is 0 Å². The van der Waals surface area contributed by atoms with Gasteiger partial charge in [0, 0.05) is 13.2 Å². The Balaban J connectivity index is 1.93. The average Bonchev–Trinajstić information content (AvgIpc) is 3.16. The highest BCUT2D eigenvalue weighted by molar-refractivity contribution is 8.00. The van der Waals surface area contributed by atoms with Crippen LogP contribution in [0.1, 0.15) is 33.1 Å². The number of carbonyl (C=O) groups is 1. The summed E-state index contributed by atoms with van der Waals surface area (Å²) < 4.78 is 7.38. The zero-order valence-electron chi connectivity index (χ0n) is 15.2. The number of amides is 1. The van der Waals surface area contributed by atoms with E-state index < -0.39 is 0 Å². The number of carbonyl (C=O) groups excluding carboxylic acids is 1. The number of nitrogens with one attached hydrogen (secondary N) is 1. The minimum atomic E-state index is -0.328. The summed E-state index contributed by atoms with van der Waals surface area (Å²) >= 11 is 1.33. The number of benzene rings is 1. The molecule has 1 amide bonds. The van der Waals surface area contributed by atoms with E-state index >= 15 is 0 Å². The molecule has 1 N–H and O–H groups in total. The highest BCUT2D eigenvalue weighted by Crippen LogP contribution is 2.24. The summed E-state index contributed by atoms with van der Waals surface area (Å²) in [5, 5.41) is 3.74. The molecule has 140 valence electrons. The molecular formula is C19H25N3O3S. The van der Waals surface area contributed by atoms with Crippen molar-refractivity contribution < 1.29 is 9.53 Å². The monoisotopic (exact) mass is 375 g/mol. The highest BCUT2D eigenvalue weighted by atomic mass is 32.2. The fraction of sp³-hybridized carbons (Fsp3) is 0.526. The lowest BCUT2D eigenvalue weighted by Gasteiger charge is -2.18. The van der Waals surface area contributed by atoms with Crippen molar-refractivity contribution in [3.05, 3.63) is 34.6 Å². The van der Waals surface area contributed by atoms with Crippen LogP contribution < -0.4 is 10.9 Å². The van der Waals surface area contributed by atoms with Crippen molar-refractivity contribution in [3.8, 4) is 0 Å². The van der Waals surface area contributed by atoms with E-state index in [1.54, 1.807) is 10.6 Å². The van der Waals surface area contributed by atoms with Crippen molar-refractivity contribution in [2.45, 2.75) is 56.2 Å². The van der Waals surface area contributed by atoms with Crippen molar-refractivity contribution in [2.24, 2.45) is 0 Å². The third-order valence-electron chi connectivity index (χ3n) is 4.44. The van der Waals surface area contributed by atoms with E-state index in [4.69, 9.17) is 4.74 Å². The van der Waals surface area contributed by atoms with Crippen LogP contribution in [-0.4, -0.2) is 40.0 Å². The van der Waals surface area contributed by atoms with Crippen molar-refractivity contribution in [1.29, 1.82) is 0 Å². The SMILES string of the molecule is CCCNC(=O)C(C)Sc1nc2ccccc2c(=O)n1CC1CCCO1. The Kier molecular flexibility index (Phi) is 6.32. The van der Waals surface area contributed by atoms with Crippen LogP contribution in [0.5, 0.6) is 0 Å². The third kappa shape index (κ3) is 4.27. The van der Waals surface area contributed by atoms with Crippen LogP contribution in [-0.2, 0) is 16.1 Å². The Morgan fingerprint density at radius 1 is 1.46 bits per heavy atom. The maximum atomic E-state index is 13.0. The molecular weight excluding hydrogens is 350 g/mol. The second-order valence-corrected chi connectivity index (χ2v) is 7.82. The minimum Gasteiger partial charge on any atom is -0.376 e. The van der Waals surface area contributed by atoms with Gasteiger partial charge >= 0.3 is 0 Å². The smallest absolute Gasteiger partial charge is 0.262 e. The Morgan fingerprint density at radius 3 is 3.00 bits per heavy atom. The third-order valence-corrected chi connectivity index (χ3v) is 5.53. The van der Waals surface area contributed by atoms with Crippen LogP contribution in [0.25, 0.3) is 10.9 Å². The molecule has 2 atom stereocenters. The lowest BCUT2D eigenvalue weighted by Crippen LogP contribution is -2.33. The lowest BCUT2D eigenvalue weighted by molar-refractivity contribution is -0.120. The second kappa shape index (κ2) is 8.68. The summed E-state index contributed by atoms with van der Waals surface area (Å²) in [6.45, 7) is 5.72. The first kappa shape index (κ1) is 18.9. The van der Waals surface area contributed by atoms with Crippen LogP contribution in [0.3, 0.4) is 0 Å². The van der Waals surface area contributed by atoms with E-state index in [2.05, 4.69) is 10.3 Å². The van der Waals surface area contributed by atoms with Gasteiger partial charge in [0.25, 0.3) is 5.56 Å². The predicted molar refractivity (Wildman–Crippen MR) is 104 cm³/mol. The van der Waals surface area contributed by atoms with Gasteiger partial charge in [-0.15, -0.1) is 0 Å². The quantitative estimate of drug-likeness (QED) is 0.595. The Labute approximate surface area is 157 Å². The summed E-state index contributed by atoms with van der Waals surface area (Å²) in [7, 11) is 0. The van der Waals surface area contributed by atoms with Gasteiger partial charge in [-0.3, -0.25) is 14.2 Å². The summed E-state index contributed by atoms with van der Waals surface area (Å²) in [6, 6.07) is 7.34. The van der Waals surface area contributed by atoms with Gasteiger partial charge in [0.05, 0.1) is 28.8 Å². The molecule has 2 unspecified atom stereocenters. The van der Waals surface area contributed by atoms with Crippen molar-refractivity contribution in [1.82, 2.24) is 14.9 Å². The molecule has 0 spiro atoms. The first-order valence-electron chi connectivity index (χ1n) is 9.15. The Hall–Kier alpha value is -1.86. The van der Waals surface area contributed by atoms with Crippen LogP contribution >= 0.6 is 11.8 Å². The van der Waals surface area contributed by atoms with E-state index in [0.29, 0.717) is 29.1 Å². The molecule has 2 aromatic rings. The zero-order chi connectivity index (χ0) is 18.5. The molecule has 0 bridgehead atoms. The normalized spacial score (nSPS) is 18.2. The van der Waals surface area contributed by atoms with E-state index in [-0.39, 0.29) is 22.8 Å². The van der Waals surface area contributed by atoms with Gasteiger partial charge in [0.1, 0.15) is 0 Å². The van der Waals surface area contributed by atoms with Gasteiger partial charge in [-0.25, -0.2) is 4.98 Å². The van der Waals surface area contributed by atoms with E-state index in [9.17, 15) is 9.59 Å². The molecule has 0 radical (unpaired) electrons. The molecule has 6 nitrogen and oxygen atoms in total. The molecule has 3 rings (SSSR count). The maximum Gasteiger partial charge on any atom is 0.262 e. The lowest BCUT2D eigenvalue weighted by atomic mass is 10.2. The van der Waals surface area contributed by atoms with Gasteiger partial charge in [-0.2, -0.15) is 0 Å². The molecule has 0 aliphatic carbocycles. The average molecular weight is 375 g/mol. The topological polar surface area (TPSA) is 73.2 Å². The van der Waals surface area contributed by atoms with Crippen molar-refractivity contribution in [2.75, 3.05) is 13.2 Å². The number of ether oxygens (including phenoxy) is 1. The van der Waals surface area contributed by atoms with Gasteiger partial charge in [-0.1, -0.05) is 30.8 Å². The standard InChI is InChI=1S/C19H25N3O3S/c1-3-10-20-17(23)13(2)26-19-21-16-9-5-4-8-15(16)18(24)22(19)12-14-7-6-11-25-14/h4-5,8-9,13-14H,3,6-7,10-12H2,1-2H3,(H,20,23). The molecule has 26 heavy (non-hydrogen) atoms. The van der Waals surface area contributed by atoms with Gasteiger partial charge in [0.2, 0.25) is 5.91 Å². The molecule has 7 heteroatoms. The predicted octanol–water partition coefficient (Wildman–Crippen LogP) is 2.58. The Morgan fingerprint density at radius 2 is 2.27 bits per heavy atom. The Bertz CT molecular complexity index is 830. The van der Waals surface area contributed by atoms with Gasteiger partial charge in [-0.05, 0) is 38.3 Å². The second-order valence-electron chi connectivity index (χ2n) is 6.51. The number of nitrogens with zero attached hydrogens (tertiary/aromatic N) is 2. The maximum absolute atomic E-state index is 13.0. The van der Waals surface area contributed by atoms with Gasteiger partial charge < -0.3 is 10.1 Å². The van der Waals surface area contributed by atoms with E-state index in [0.717, 1.165) is 25.9 Å². The molecule has 1 fully saturated rings. The molecule has 1 aromatic heterocycles. The summed E-state index contributed by atoms with van der Waals surface area (Å²) in [5.41, 5.74) is 0.583. The fourth-order valence-electron chi connectivity index (χ4n) is 2.99. The van der Waals surface area contributed by atoms with Crippen LogP contribution in [0.4, 0.5) is 0 Å². The first-order valence-corrected chi connectivity index (χ1v) is 10.0. The number of para-hydroxylation sites is 1. The molecule has 2 heterocycles. The molecule has 1 aliphatic rings. The van der Waals surface area contributed by atoms with Crippen molar-refractivity contribution >= 4 is 28.6 Å². The highest BCUT2D eigenvalue weighted by Gasteiger charge is 2.23. The van der Waals surface area contributed by atoms with Gasteiger partial charge in [0.15, 0.2) is 5.16 Å². The van der Waals surface area contributed by atoms with Crippen LogP contribution in [0, 0.1) is 0 Å².